The van der Waals surface area contributed by atoms with E-state index in [2.05, 4.69) is 21.9 Å². The highest BCUT2D eigenvalue weighted by atomic mass is 35.5. The van der Waals surface area contributed by atoms with Gasteiger partial charge in [-0.25, -0.2) is 9.97 Å². The van der Waals surface area contributed by atoms with Gasteiger partial charge in [0.25, 0.3) is 0 Å². The molecular weight excluding hydrogens is 274 g/mol. The lowest BCUT2D eigenvalue weighted by atomic mass is 10.0. The molecule has 0 aliphatic carbocycles. The molecule has 0 saturated heterocycles. The van der Waals surface area contributed by atoms with Gasteiger partial charge in [-0.1, -0.05) is 30.7 Å². The molecule has 2 aromatic heterocycles. The van der Waals surface area contributed by atoms with Crippen molar-refractivity contribution in [1.82, 2.24) is 15.0 Å². The van der Waals surface area contributed by atoms with Gasteiger partial charge in [-0.15, -0.1) is 0 Å². The van der Waals surface area contributed by atoms with Crippen LogP contribution in [0.15, 0.2) is 36.4 Å². The van der Waals surface area contributed by atoms with Crippen LogP contribution in [0.5, 0.6) is 5.75 Å². The second-order valence-corrected chi connectivity index (χ2v) is 5.01. The Labute approximate surface area is 121 Å². The Kier molecular flexibility index (Phi) is 3.32. The fraction of sp³-hybridized carbons (Fsp3) is 0.200. The molecule has 0 spiro atoms. The number of methoxy groups -OCH3 is 1. The minimum absolute atomic E-state index is 0.147. The van der Waals surface area contributed by atoms with Crippen molar-refractivity contribution < 1.29 is 4.74 Å². The van der Waals surface area contributed by atoms with Gasteiger partial charge in [-0.2, -0.15) is 0 Å². The third-order valence-corrected chi connectivity index (χ3v) is 3.56. The number of fused-ring (bicyclic) bond motifs is 1. The van der Waals surface area contributed by atoms with Crippen LogP contribution in [0.3, 0.4) is 0 Å². The smallest absolute Gasteiger partial charge is 0.159 e. The predicted molar refractivity (Wildman–Crippen MR) is 79.4 cm³/mol. The number of aromatic nitrogens is 3. The molecule has 1 N–H and O–H groups in total. The van der Waals surface area contributed by atoms with Crippen LogP contribution in [-0.4, -0.2) is 22.1 Å². The maximum absolute atomic E-state index is 5.89. The summed E-state index contributed by atoms with van der Waals surface area (Å²) in [6, 6.07) is 11.6. The molecule has 0 bridgehead atoms. The molecule has 0 saturated carbocycles. The highest BCUT2D eigenvalue weighted by Gasteiger charge is 2.13. The number of imidazole rings is 1. The minimum atomic E-state index is 0.147. The van der Waals surface area contributed by atoms with Crippen molar-refractivity contribution in [3.8, 4) is 5.75 Å². The van der Waals surface area contributed by atoms with Crippen molar-refractivity contribution in [2.45, 2.75) is 12.8 Å². The molecule has 0 amide bonds. The van der Waals surface area contributed by atoms with E-state index in [4.69, 9.17) is 16.3 Å². The Morgan fingerprint density at radius 1 is 1.10 bits per heavy atom. The normalized spacial score (nSPS) is 12.6. The molecule has 2 heterocycles. The van der Waals surface area contributed by atoms with Gasteiger partial charge in [-0.3, -0.25) is 0 Å². The molecule has 4 nitrogen and oxygen atoms in total. The molecule has 0 fully saturated rings. The largest absolute Gasteiger partial charge is 0.497 e. The van der Waals surface area contributed by atoms with E-state index in [1.165, 1.54) is 0 Å². The topological polar surface area (TPSA) is 50.8 Å². The fourth-order valence-corrected chi connectivity index (χ4v) is 2.29. The zero-order valence-electron chi connectivity index (χ0n) is 11.2. The van der Waals surface area contributed by atoms with Gasteiger partial charge in [0.1, 0.15) is 22.2 Å². The number of pyridine rings is 1. The number of nitrogens with zero attached hydrogens (tertiary/aromatic N) is 2. The quantitative estimate of drug-likeness (QED) is 0.746. The summed E-state index contributed by atoms with van der Waals surface area (Å²) in [5, 5.41) is 0.463. The van der Waals surface area contributed by atoms with Crippen LogP contribution in [0, 0.1) is 0 Å². The molecule has 0 aliphatic heterocycles. The SMILES string of the molecule is COc1ccc(C(C)c2nc3ccc(Cl)nc3[nH]2)cc1. The number of H-pyrrole nitrogens is 1. The molecule has 1 atom stereocenters. The third-order valence-electron chi connectivity index (χ3n) is 3.35. The summed E-state index contributed by atoms with van der Waals surface area (Å²) in [7, 11) is 1.66. The average Bonchev–Trinajstić information content (AvgIpc) is 2.89. The van der Waals surface area contributed by atoms with Crippen LogP contribution >= 0.6 is 11.6 Å². The highest BCUT2D eigenvalue weighted by molar-refractivity contribution is 6.29. The number of aromatic amines is 1. The van der Waals surface area contributed by atoms with E-state index in [0.29, 0.717) is 10.8 Å². The lowest BCUT2D eigenvalue weighted by molar-refractivity contribution is 0.414. The number of rotatable bonds is 3. The Bertz CT molecular complexity index is 736. The maximum Gasteiger partial charge on any atom is 0.159 e. The van der Waals surface area contributed by atoms with Gasteiger partial charge < -0.3 is 9.72 Å². The van der Waals surface area contributed by atoms with Crippen LogP contribution in [0.1, 0.15) is 24.2 Å². The summed E-state index contributed by atoms with van der Waals surface area (Å²) in [4.78, 5) is 12.0. The molecule has 0 radical (unpaired) electrons. The van der Waals surface area contributed by atoms with Crippen LogP contribution in [0.2, 0.25) is 5.15 Å². The summed E-state index contributed by atoms with van der Waals surface area (Å²) in [6.07, 6.45) is 0. The number of ether oxygens (including phenoxy) is 1. The monoisotopic (exact) mass is 287 g/mol. The second-order valence-electron chi connectivity index (χ2n) is 4.62. The molecule has 1 aromatic carbocycles. The molecule has 1 unspecified atom stereocenters. The van der Waals surface area contributed by atoms with E-state index in [9.17, 15) is 0 Å². The molecule has 3 rings (SSSR count). The van der Waals surface area contributed by atoms with Crippen LogP contribution in [-0.2, 0) is 0 Å². The number of hydrogen-bond donors (Lipinski definition) is 1. The van der Waals surface area contributed by atoms with Gasteiger partial charge in [0.15, 0.2) is 5.65 Å². The van der Waals surface area contributed by atoms with Crippen LogP contribution in [0.4, 0.5) is 0 Å². The third kappa shape index (κ3) is 2.34. The Morgan fingerprint density at radius 2 is 1.85 bits per heavy atom. The first-order valence-electron chi connectivity index (χ1n) is 6.33. The number of benzene rings is 1. The first-order chi connectivity index (χ1) is 9.67. The highest BCUT2D eigenvalue weighted by Crippen LogP contribution is 2.25. The summed E-state index contributed by atoms with van der Waals surface area (Å²) in [6.45, 7) is 2.10. The van der Waals surface area contributed by atoms with Crippen LogP contribution < -0.4 is 4.74 Å². The second kappa shape index (κ2) is 5.13. The predicted octanol–water partition coefficient (Wildman–Crippen LogP) is 3.77. The summed E-state index contributed by atoms with van der Waals surface area (Å²) in [5.74, 6) is 1.87. The van der Waals surface area contributed by atoms with E-state index in [1.807, 2.05) is 30.3 Å². The zero-order valence-corrected chi connectivity index (χ0v) is 12.0. The van der Waals surface area contributed by atoms with Crippen molar-refractivity contribution in [3.63, 3.8) is 0 Å². The van der Waals surface area contributed by atoms with Gasteiger partial charge >= 0.3 is 0 Å². The maximum atomic E-state index is 5.89. The lowest BCUT2D eigenvalue weighted by Crippen LogP contribution is -1.98. The zero-order chi connectivity index (χ0) is 14.1. The Morgan fingerprint density at radius 3 is 2.55 bits per heavy atom. The number of halogens is 1. The molecule has 102 valence electrons. The van der Waals surface area contributed by atoms with E-state index in [1.54, 1.807) is 13.2 Å². The fourth-order valence-electron chi connectivity index (χ4n) is 2.14. The molecule has 5 heteroatoms. The van der Waals surface area contributed by atoms with Gasteiger partial charge in [0.2, 0.25) is 0 Å². The van der Waals surface area contributed by atoms with Crippen molar-refractivity contribution in [1.29, 1.82) is 0 Å². The van der Waals surface area contributed by atoms with Gasteiger partial charge in [0.05, 0.1) is 7.11 Å². The average molecular weight is 288 g/mol. The lowest BCUT2D eigenvalue weighted by Gasteiger charge is -2.09. The first kappa shape index (κ1) is 12.9. The van der Waals surface area contributed by atoms with Crippen molar-refractivity contribution in [2.24, 2.45) is 0 Å². The van der Waals surface area contributed by atoms with Crippen LogP contribution in [0.25, 0.3) is 11.2 Å². The summed E-state index contributed by atoms with van der Waals surface area (Å²) < 4.78 is 5.17. The molecule has 0 aliphatic rings. The molecular formula is C15H14ClN3O. The van der Waals surface area contributed by atoms with E-state index in [-0.39, 0.29) is 5.92 Å². The summed E-state index contributed by atoms with van der Waals surface area (Å²) >= 11 is 5.89. The Hall–Kier alpha value is -2.07. The number of hydrogen-bond acceptors (Lipinski definition) is 3. The van der Waals surface area contributed by atoms with E-state index in [0.717, 1.165) is 22.7 Å². The van der Waals surface area contributed by atoms with Gasteiger partial charge in [0, 0.05) is 5.92 Å². The number of nitrogens with one attached hydrogen (secondary N) is 1. The summed E-state index contributed by atoms with van der Waals surface area (Å²) in [5.41, 5.74) is 2.70. The van der Waals surface area contributed by atoms with Crippen molar-refractivity contribution >= 4 is 22.8 Å². The molecule has 3 aromatic rings. The van der Waals surface area contributed by atoms with Crippen molar-refractivity contribution in [3.05, 3.63) is 52.9 Å². The molecule has 20 heavy (non-hydrogen) atoms. The first-order valence-corrected chi connectivity index (χ1v) is 6.71. The van der Waals surface area contributed by atoms with E-state index >= 15 is 0 Å². The van der Waals surface area contributed by atoms with Crippen molar-refractivity contribution in [2.75, 3.05) is 7.11 Å². The minimum Gasteiger partial charge on any atom is -0.497 e. The van der Waals surface area contributed by atoms with E-state index < -0.39 is 0 Å². The standard InChI is InChI=1S/C15H14ClN3O/c1-9(10-3-5-11(20-2)6-4-10)14-17-12-7-8-13(16)18-15(12)19-14/h3-9H,1-2H3,(H,17,18,19). The Balaban J connectivity index is 1.96. The van der Waals surface area contributed by atoms with Gasteiger partial charge in [-0.05, 0) is 29.8 Å².